The first-order valence-corrected chi connectivity index (χ1v) is 10.1. The second-order valence-corrected chi connectivity index (χ2v) is 8.64. The molecule has 0 unspecified atom stereocenters. The molecule has 158 valence electrons. The number of benzene rings is 1. The van der Waals surface area contributed by atoms with Gasteiger partial charge in [-0.25, -0.2) is 4.79 Å². The van der Waals surface area contributed by atoms with Gasteiger partial charge in [0.15, 0.2) is 5.69 Å². The molecule has 0 aliphatic carbocycles. The second kappa shape index (κ2) is 9.50. The zero-order chi connectivity index (χ0) is 21.9. The van der Waals surface area contributed by atoms with Crippen LogP contribution >= 0.6 is 23.2 Å². The molecule has 2 rings (SSSR count). The fourth-order valence-corrected chi connectivity index (χ4v) is 3.31. The van der Waals surface area contributed by atoms with Gasteiger partial charge in [0.1, 0.15) is 5.82 Å². The van der Waals surface area contributed by atoms with E-state index in [-0.39, 0.29) is 42.2 Å². The van der Waals surface area contributed by atoms with E-state index in [2.05, 4.69) is 4.98 Å². The highest BCUT2D eigenvalue weighted by molar-refractivity contribution is 6.42. The summed E-state index contributed by atoms with van der Waals surface area (Å²) in [5.41, 5.74) is 5.57. The Balaban J connectivity index is 2.51. The van der Waals surface area contributed by atoms with Crippen molar-refractivity contribution in [1.82, 2.24) is 9.55 Å². The fourth-order valence-electron chi connectivity index (χ4n) is 2.99. The lowest BCUT2D eigenvalue weighted by atomic mass is 10.1. The maximum Gasteiger partial charge on any atom is 0.330 e. The van der Waals surface area contributed by atoms with Crippen molar-refractivity contribution >= 4 is 40.6 Å². The highest BCUT2D eigenvalue weighted by Crippen LogP contribution is 2.24. The van der Waals surface area contributed by atoms with E-state index in [4.69, 9.17) is 28.9 Å². The Morgan fingerprint density at radius 3 is 2.34 bits per heavy atom. The number of aromatic nitrogens is 2. The number of rotatable bonds is 7. The summed E-state index contributed by atoms with van der Waals surface area (Å²) in [7, 11) is 0. The monoisotopic (exact) mass is 440 g/mol. The van der Waals surface area contributed by atoms with Gasteiger partial charge in [-0.2, -0.15) is 0 Å². The number of nitrogens with zero attached hydrogens (tertiary/aromatic N) is 2. The molecule has 3 N–H and O–H groups in total. The van der Waals surface area contributed by atoms with Crippen molar-refractivity contribution < 1.29 is 4.79 Å². The van der Waals surface area contributed by atoms with Gasteiger partial charge in [-0.15, -0.1) is 0 Å². The van der Waals surface area contributed by atoms with E-state index in [0.717, 1.165) is 0 Å². The molecule has 0 saturated heterocycles. The Labute approximate surface area is 179 Å². The summed E-state index contributed by atoms with van der Waals surface area (Å²) in [6.07, 6.45) is 0.00575. The van der Waals surface area contributed by atoms with Crippen molar-refractivity contribution in [2.75, 3.05) is 17.2 Å². The van der Waals surface area contributed by atoms with Crippen LogP contribution in [0.2, 0.25) is 10.0 Å². The topological polar surface area (TPSA) is 101 Å². The average Bonchev–Trinajstić information content (AvgIpc) is 2.60. The van der Waals surface area contributed by atoms with Crippen LogP contribution in [0.3, 0.4) is 0 Å². The first-order chi connectivity index (χ1) is 13.5. The van der Waals surface area contributed by atoms with Crippen molar-refractivity contribution in [2.45, 2.75) is 40.7 Å². The van der Waals surface area contributed by atoms with Crippen molar-refractivity contribution in [2.24, 2.45) is 11.8 Å². The Morgan fingerprint density at radius 2 is 1.79 bits per heavy atom. The summed E-state index contributed by atoms with van der Waals surface area (Å²) < 4.78 is 1.29. The van der Waals surface area contributed by atoms with Gasteiger partial charge in [0.2, 0.25) is 5.91 Å². The number of anilines is 2. The van der Waals surface area contributed by atoms with E-state index < -0.39 is 11.2 Å². The molecule has 1 aromatic heterocycles. The maximum absolute atomic E-state index is 13.1. The van der Waals surface area contributed by atoms with Gasteiger partial charge in [-0.05, 0) is 29.5 Å². The Kier molecular flexibility index (Phi) is 7.54. The summed E-state index contributed by atoms with van der Waals surface area (Å²) in [5.74, 6) is -0.157. The zero-order valence-electron chi connectivity index (χ0n) is 17.0. The van der Waals surface area contributed by atoms with Gasteiger partial charge in [0.25, 0.3) is 5.56 Å². The van der Waals surface area contributed by atoms with Crippen LogP contribution < -0.4 is 21.9 Å². The number of carbonyl (C=O) groups excluding carboxylic acids is 1. The minimum atomic E-state index is -0.685. The third-order valence-corrected chi connectivity index (χ3v) is 4.96. The van der Waals surface area contributed by atoms with Gasteiger partial charge in [0, 0.05) is 13.1 Å². The molecule has 2 aromatic rings. The molecular formula is C20H26Cl2N4O3. The lowest BCUT2D eigenvalue weighted by Gasteiger charge is -2.26. The number of nitrogens with two attached hydrogens (primary N) is 1. The fraction of sp³-hybridized carbons (Fsp3) is 0.450. The summed E-state index contributed by atoms with van der Waals surface area (Å²) in [5, 5.41) is 0.735. The predicted octanol–water partition coefficient (Wildman–Crippen LogP) is 3.31. The molecule has 0 radical (unpaired) electrons. The van der Waals surface area contributed by atoms with Crippen molar-refractivity contribution in [3.8, 4) is 0 Å². The van der Waals surface area contributed by atoms with Gasteiger partial charge in [-0.3, -0.25) is 19.1 Å². The normalized spacial score (nSPS) is 11.3. The van der Waals surface area contributed by atoms with Crippen LogP contribution in [0.4, 0.5) is 11.5 Å². The van der Waals surface area contributed by atoms with E-state index in [1.165, 1.54) is 9.47 Å². The number of nitrogen functional groups attached to an aromatic ring is 1. The molecule has 0 saturated carbocycles. The quantitative estimate of drug-likeness (QED) is 0.688. The number of amides is 1. The first kappa shape index (κ1) is 23.0. The molecule has 1 aromatic carbocycles. The van der Waals surface area contributed by atoms with E-state index in [0.29, 0.717) is 22.2 Å². The number of aromatic amines is 1. The molecule has 0 aliphatic rings. The number of halogens is 2. The third-order valence-electron chi connectivity index (χ3n) is 4.22. The molecule has 0 bridgehead atoms. The van der Waals surface area contributed by atoms with Crippen LogP contribution in [0.15, 0.2) is 27.8 Å². The minimum absolute atomic E-state index is 0.00575. The highest BCUT2D eigenvalue weighted by atomic mass is 35.5. The predicted molar refractivity (Wildman–Crippen MR) is 118 cm³/mol. The van der Waals surface area contributed by atoms with Crippen LogP contribution in [0.25, 0.3) is 0 Å². The third kappa shape index (κ3) is 5.64. The highest BCUT2D eigenvalue weighted by Gasteiger charge is 2.25. The zero-order valence-corrected chi connectivity index (χ0v) is 18.5. The van der Waals surface area contributed by atoms with Gasteiger partial charge >= 0.3 is 5.69 Å². The van der Waals surface area contributed by atoms with Crippen LogP contribution in [0.1, 0.15) is 33.3 Å². The van der Waals surface area contributed by atoms with Crippen LogP contribution in [0.5, 0.6) is 0 Å². The van der Waals surface area contributed by atoms with Gasteiger partial charge < -0.3 is 10.6 Å². The summed E-state index contributed by atoms with van der Waals surface area (Å²) in [4.78, 5) is 41.6. The van der Waals surface area contributed by atoms with Crippen molar-refractivity contribution in [3.05, 3.63) is 54.6 Å². The number of hydrogen-bond acceptors (Lipinski definition) is 4. The van der Waals surface area contributed by atoms with Gasteiger partial charge in [0.05, 0.1) is 16.5 Å². The molecule has 0 spiro atoms. The van der Waals surface area contributed by atoms with Crippen molar-refractivity contribution in [3.63, 3.8) is 0 Å². The molecule has 7 nitrogen and oxygen atoms in total. The molecule has 29 heavy (non-hydrogen) atoms. The first-order valence-electron chi connectivity index (χ1n) is 9.38. The van der Waals surface area contributed by atoms with E-state index >= 15 is 0 Å². The molecule has 1 heterocycles. The number of hydrogen-bond donors (Lipinski definition) is 2. The van der Waals surface area contributed by atoms with Crippen molar-refractivity contribution in [1.29, 1.82) is 0 Å². The Bertz CT molecular complexity index is 1010. The van der Waals surface area contributed by atoms with E-state index in [1.54, 1.807) is 18.2 Å². The summed E-state index contributed by atoms with van der Waals surface area (Å²) in [6.45, 7) is 8.30. The van der Waals surface area contributed by atoms with Gasteiger partial charge in [-0.1, -0.05) is 57.0 Å². The Hall–Kier alpha value is -2.25. The number of nitrogens with one attached hydrogen (secondary N) is 1. The molecule has 9 heteroatoms. The number of H-pyrrole nitrogens is 1. The van der Waals surface area contributed by atoms with Crippen LogP contribution in [-0.2, 0) is 17.8 Å². The Morgan fingerprint density at radius 1 is 1.14 bits per heavy atom. The van der Waals surface area contributed by atoms with Crippen LogP contribution in [-0.4, -0.2) is 22.0 Å². The standard InChI is InChI=1S/C20H26Cl2N4O3/c1-11(2)9-25(16(27)8-13-5-6-14(21)15(22)7-13)17-18(23)26(10-12(3)4)20(29)24-19(17)28/h5-7,11-12H,8-10,23H2,1-4H3,(H,24,28,29). The molecule has 1 amide bonds. The summed E-state index contributed by atoms with van der Waals surface area (Å²) >= 11 is 12.0. The summed E-state index contributed by atoms with van der Waals surface area (Å²) in [6, 6.07) is 4.93. The molecule has 0 atom stereocenters. The maximum atomic E-state index is 13.1. The average molecular weight is 441 g/mol. The second-order valence-electron chi connectivity index (χ2n) is 7.82. The lowest BCUT2D eigenvalue weighted by molar-refractivity contribution is -0.118. The lowest BCUT2D eigenvalue weighted by Crippen LogP contribution is -2.43. The smallest absolute Gasteiger partial charge is 0.330 e. The molecule has 0 fully saturated rings. The van der Waals surface area contributed by atoms with E-state index in [1.807, 2.05) is 27.7 Å². The van der Waals surface area contributed by atoms with E-state index in [9.17, 15) is 14.4 Å². The van der Waals surface area contributed by atoms with Crippen LogP contribution in [0, 0.1) is 11.8 Å². The number of carbonyl (C=O) groups is 1. The molecular weight excluding hydrogens is 415 g/mol. The minimum Gasteiger partial charge on any atom is -0.383 e. The SMILES string of the molecule is CC(C)CN(C(=O)Cc1ccc(Cl)c(Cl)c1)c1c(N)n(CC(C)C)c(=O)[nH]c1=O. The molecule has 0 aliphatic heterocycles. The largest absolute Gasteiger partial charge is 0.383 e.